The van der Waals surface area contributed by atoms with E-state index in [1.54, 1.807) is 12.4 Å². The van der Waals surface area contributed by atoms with E-state index in [2.05, 4.69) is 15.3 Å². The molecule has 6 nitrogen and oxygen atoms in total. The highest BCUT2D eigenvalue weighted by Crippen LogP contribution is 2.08. The van der Waals surface area contributed by atoms with E-state index in [0.29, 0.717) is 12.8 Å². The molecule has 0 aliphatic heterocycles. The van der Waals surface area contributed by atoms with Gasteiger partial charge in [-0.05, 0) is 36.2 Å². The van der Waals surface area contributed by atoms with E-state index in [0.717, 1.165) is 5.56 Å². The molecule has 0 saturated heterocycles. The van der Waals surface area contributed by atoms with Crippen LogP contribution in [-0.4, -0.2) is 27.0 Å². The summed E-state index contributed by atoms with van der Waals surface area (Å²) in [5.74, 6) is -1.03. The fourth-order valence-corrected chi connectivity index (χ4v) is 1.64. The minimum Gasteiger partial charge on any atom is -0.478 e. The van der Waals surface area contributed by atoms with Gasteiger partial charge in [0.25, 0.3) is 0 Å². The fraction of sp³-hybridized carbons (Fsp3) is 0.143. The third-order valence-electron chi connectivity index (χ3n) is 2.66. The molecule has 2 aromatic rings. The number of carbonyl (C=O) groups is 2. The van der Waals surface area contributed by atoms with Gasteiger partial charge in [0.2, 0.25) is 5.91 Å². The second-order valence-corrected chi connectivity index (χ2v) is 4.14. The number of hydrogen-bond acceptors (Lipinski definition) is 4. The smallest absolute Gasteiger partial charge is 0.335 e. The van der Waals surface area contributed by atoms with Gasteiger partial charge in [-0.25, -0.2) is 9.78 Å². The molecule has 20 heavy (non-hydrogen) atoms. The number of amides is 1. The van der Waals surface area contributed by atoms with Crippen molar-refractivity contribution in [3.05, 3.63) is 54.0 Å². The summed E-state index contributed by atoms with van der Waals surface area (Å²) in [7, 11) is 0. The van der Waals surface area contributed by atoms with Crippen molar-refractivity contribution in [2.24, 2.45) is 0 Å². The van der Waals surface area contributed by atoms with Crippen LogP contribution in [-0.2, 0) is 11.2 Å². The first-order valence-electron chi connectivity index (χ1n) is 6.03. The van der Waals surface area contributed by atoms with Crippen LogP contribution in [0.4, 0.5) is 5.82 Å². The van der Waals surface area contributed by atoms with E-state index >= 15 is 0 Å². The van der Waals surface area contributed by atoms with E-state index in [4.69, 9.17) is 5.11 Å². The van der Waals surface area contributed by atoms with Crippen LogP contribution in [0.5, 0.6) is 0 Å². The van der Waals surface area contributed by atoms with Gasteiger partial charge in [0.15, 0.2) is 0 Å². The summed E-state index contributed by atoms with van der Waals surface area (Å²) in [5, 5.41) is 11.4. The first-order valence-corrected chi connectivity index (χ1v) is 6.03. The number of anilines is 1. The predicted octanol–water partition coefficient (Wildman–Crippen LogP) is 1.75. The topological polar surface area (TPSA) is 92.2 Å². The molecule has 0 radical (unpaired) electrons. The molecule has 0 aliphatic rings. The zero-order valence-electron chi connectivity index (χ0n) is 10.6. The molecule has 2 rings (SSSR count). The molecule has 0 aliphatic carbocycles. The van der Waals surface area contributed by atoms with Crippen molar-refractivity contribution >= 4 is 17.7 Å². The standard InChI is InChI=1S/C14H13N3O3/c18-13(2-1-10-3-6-15-7-4-10)17-12-9-11(14(19)20)5-8-16-12/h3-9H,1-2H2,(H,19,20)(H,16,17,18). The van der Waals surface area contributed by atoms with Gasteiger partial charge in [0.05, 0.1) is 5.56 Å². The molecule has 2 N–H and O–H groups in total. The van der Waals surface area contributed by atoms with Crippen molar-refractivity contribution in [2.45, 2.75) is 12.8 Å². The Labute approximate surface area is 115 Å². The molecule has 0 bridgehead atoms. The van der Waals surface area contributed by atoms with Crippen LogP contribution >= 0.6 is 0 Å². The number of carboxylic acids is 1. The lowest BCUT2D eigenvalue weighted by Gasteiger charge is -2.05. The number of hydrogen-bond donors (Lipinski definition) is 2. The molecule has 2 aromatic heterocycles. The molecular formula is C14H13N3O3. The maximum absolute atomic E-state index is 11.8. The third kappa shape index (κ3) is 3.88. The Morgan fingerprint density at radius 2 is 1.90 bits per heavy atom. The van der Waals surface area contributed by atoms with E-state index in [1.165, 1.54) is 18.3 Å². The lowest BCUT2D eigenvalue weighted by atomic mass is 10.1. The number of aryl methyl sites for hydroxylation is 1. The SMILES string of the molecule is O=C(CCc1ccncc1)Nc1cc(C(=O)O)ccn1. The Balaban J connectivity index is 1.91. The second-order valence-electron chi connectivity index (χ2n) is 4.14. The quantitative estimate of drug-likeness (QED) is 0.864. The van der Waals surface area contributed by atoms with Gasteiger partial charge >= 0.3 is 5.97 Å². The van der Waals surface area contributed by atoms with E-state index in [9.17, 15) is 9.59 Å². The van der Waals surface area contributed by atoms with Crippen molar-refractivity contribution in [3.63, 3.8) is 0 Å². The van der Waals surface area contributed by atoms with Gasteiger partial charge in [-0.1, -0.05) is 0 Å². The minimum absolute atomic E-state index is 0.0874. The number of carboxylic acid groups (broad SMARTS) is 1. The monoisotopic (exact) mass is 271 g/mol. The number of carbonyl (C=O) groups excluding carboxylic acids is 1. The molecule has 0 saturated carbocycles. The Morgan fingerprint density at radius 3 is 2.60 bits per heavy atom. The molecule has 6 heteroatoms. The lowest BCUT2D eigenvalue weighted by molar-refractivity contribution is -0.116. The van der Waals surface area contributed by atoms with Gasteiger partial charge in [-0.2, -0.15) is 0 Å². The van der Waals surface area contributed by atoms with Gasteiger partial charge in [-0.3, -0.25) is 9.78 Å². The Bertz CT molecular complexity index is 614. The highest BCUT2D eigenvalue weighted by molar-refractivity contribution is 5.92. The zero-order chi connectivity index (χ0) is 14.4. The largest absolute Gasteiger partial charge is 0.478 e. The lowest BCUT2D eigenvalue weighted by Crippen LogP contribution is -2.14. The molecule has 0 spiro atoms. The summed E-state index contributed by atoms with van der Waals surface area (Å²) in [6.45, 7) is 0. The van der Waals surface area contributed by atoms with Crippen LogP contribution in [0, 0.1) is 0 Å². The van der Waals surface area contributed by atoms with Crippen LogP contribution < -0.4 is 5.32 Å². The number of nitrogens with one attached hydrogen (secondary N) is 1. The predicted molar refractivity (Wildman–Crippen MR) is 72.4 cm³/mol. The van der Waals surface area contributed by atoms with Crippen molar-refractivity contribution < 1.29 is 14.7 Å². The summed E-state index contributed by atoms with van der Waals surface area (Å²) in [5.41, 5.74) is 1.10. The number of pyridine rings is 2. The van der Waals surface area contributed by atoms with Crippen molar-refractivity contribution in [1.29, 1.82) is 0 Å². The number of rotatable bonds is 5. The van der Waals surface area contributed by atoms with E-state index < -0.39 is 5.97 Å². The van der Waals surface area contributed by atoms with Crippen molar-refractivity contribution in [2.75, 3.05) is 5.32 Å². The summed E-state index contributed by atoms with van der Waals surface area (Å²) in [6.07, 6.45) is 5.58. The van der Waals surface area contributed by atoms with Gasteiger partial charge in [0.1, 0.15) is 5.82 Å². The fourth-order valence-electron chi connectivity index (χ4n) is 1.64. The van der Waals surface area contributed by atoms with Gasteiger partial charge in [-0.15, -0.1) is 0 Å². The molecular weight excluding hydrogens is 258 g/mol. The summed E-state index contributed by atoms with van der Waals surface area (Å²) in [6, 6.07) is 6.38. The zero-order valence-corrected chi connectivity index (χ0v) is 10.6. The molecule has 0 atom stereocenters. The number of aromatic carboxylic acids is 1. The highest BCUT2D eigenvalue weighted by atomic mass is 16.4. The van der Waals surface area contributed by atoms with Crippen LogP contribution in [0.3, 0.4) is 0 Å². The first kappa shape index (κ1) is 13.7. The maximum atomic E-state index is 11.8. The average molecular weight is 271 g/mol. The second kappa shape index (κ2) is 6.42. The Kier molecular flexibility index (Phi) is 4.39. The average Bonchev–Trinajstić information content (AvgIpc) is 2.46. The minimum atomic E-state index is -1.06. The Morgan fingerprint density at radius 1 is 1.15 bits per heavy atom. The van der Waals surface area contributed by atoms with Crippen LogP contribution in [0.15, 0.2) is 42.9 Å². The number of nitrogens with zero attached hydrogens (tertiary/aromatic N) is 2. The number of aromatic nitrogens is 2. The molecule has 0 unspecified atom stereocenters. The summed E-state index contributed by atoms with van der Waals surface area (Å²) in [4.78, 5) is 30.4. The van der Waals surface area contributed by atoms with Gasteiger partial charge in [0, 0.05) is 25.0 Å². The van der Waals surface area contributed by atoms with E-state index in [1.807, 2.05) is 12.1 Å². The van der Waals surface area contributed by atoms with Crippen LogP contribution in [0.2, 0.25) is 0 Å². The first-order chi connectivity index (χ1) is 9.65. The summed E-state index contributed by atoms with van der Waals surface area (Å²) < 4.78 is 0. The molecule has 2 heterocycles. The highest BCUT2D eigenvalue weighted by Gasteiger charge is 2.07. The maximum Gasteiger partial charge on any atom is 0.335 e. The van der Waals surface area contributed by atoms with Crippen molar-refractivity contribution in [3.8, 4) is 0 Å². The summed E-state index contributed by atoms with van der Waals surface area (Å²) >= 11 is 0. The molecule has 0 fully saturated rings. The molecule has 102 valence electrons. The Hall–Kier alpha value is -2.76. The molecule has 0 aromatic carbocycles. The van der Waals surface area contributed by atoms with E-state index in [-0.39, 0.29) is 17.3 Å². The van der Waals surface area contributed by atoms with Gasteiger partial charge < -0.3 is 10.4 Å². The third-order valence-corrected chi connectivity index (χ3v) is 2.66. The normalized spacial score (nSPS) is 10.0. The van der Waals surface area contributed by atoms with Crippen molar-refractivity contribution in [1.82, 2.24) is 9.97 Å². The van der Waals surface area contributed by atoms with Crippen LogP contribution in [0.1, 0.15) is 22.3 Å². The van der Waals surface area contributed by atoms with Crippen LogP contribution in [0.25, 0.3) is 0 Å². The molecule has 1 amide bonds.